The van der Waals surface area contributed by atoms with Crippen LogP contribution in [0.4, 0.5) is 9.18 Å². The second-order valence-electron chi connectivity index (χ2n) is 7.32. The highest BCUT2D eigenvalue weighted by Crippen LogP contribution is 2.26. The lowest BCUT2D eigenvalue weighted by Gasteiger charge is -2.33. The van der Waals surface area contributed by atoms with E-state index in [4.69, 9.17) is 4.74 Å². The number of urea groups is 1. The van der Waals surface area contributed by atoms with Crippen LogP contribution in [-0.4, -0.2) is 73.7 Å². The van der Waals surface area contributed by atoms with Crippen molar-refractivity contribution >= 4 is 11.9 Å². The Balaban J connectivity index is 1.65. The summed E-state index contributed by atoms with van der Waals surface area (Å²) in [6, 6.07) is 6.40. The van der Waals surface area contributed by atoms with Crippen molar-refractivity contribution in [2.24, 2.45) is 0 Å². The molecule has 1 spiro atoms. The van der Waals surface area contributed by atoms with E-state index < -0.39 is 5.54 Å². The first-order valence-electron chi connectivity index (χ1n) is 9.29. The van der Waals surface area contributed by atoms with Crippen molar-refractivity contribution in [3.63, 3.8) is 0 Å². The molecule has 2 aliphatic heterocycles. The molecule has 7 nitrogen and oxygen atoms in total. The third kappa shape index (κ3) is 5.17. The molecule has 2 fully saturated rings. The van der Waals surface area contributed by atoms with Crippen molar-refractivity contribution in [1.29, 1.82) is 0 Å². The molecule has 2 aliphatic rings. The fourth-order valence-corrected chi connectivity index (χ4v) is 3.84. The van der Waals surface area contributed by atoms with Gasteiger partial charge in [-0.1, -0.05) is 12.1 Å². The fraction of sp³-hybridized carbons (Fsp3) is 0.579. The summed E-state index contributed by atoms with van der Waals surface area (Å²) in [5.74, 6) is -0.260. The first kappa shape index (κ1) is 19.6. The van der Waals surface area contributed by atoms with Crippen LogP contribution in [0.25, 0.3) is 0 Å². The summed E-state index contributed by atoms with van der Waals surface area (Å²) < 4.78 is 18.4. The highest BCUT2D eigenvalue weighted by molar-refractivity contribution is 5.78. The number of amides is 3. The summed E-state index contributed by atoms with van der Waals surface area (Å²) in [5.41, 5.74) is 0.422. The van der Waals surface area contributed by atoms with Crippen molar-refractivity contribution in [2.45, 2.75) is 24.9 Å². The van der Waals surface area contributed by atoms with Crippen molar-refractivity contribution in [3.8, 4) is 0 Å². The molecule has 1 aromatic rings. The minimum atomic E-state index is -0.459. The topological polar surface area (TPSA) is 73.9 Å². The predicted octanol–water partition coefficient (Wildman–Crippen LogP) is 0.948. The highest BCUT2D eigenvalue weighted by atomic mass is 19.1. The molecule has 1 aromatic carbocycles. The van der Waals surface area contributed by atoms with E-state index in [1.54, 1.807) is 18.1 Å². The number of rotatable bonds is 5. The molecule has 1 atom stereocenters. The zero-order valence-corrected chi connectivity index (χ0v) is 15.7. The van der Waals surface area contributed by atoms with Crippen LogP contribution in [0.3, 0.4) is 0 Å². The summed E-state index contributed by atoms with van der Waals surface area (Å²) in [7, 11) is 1.59. The molecule has 1 unspecified atom stereocenters. The van der Waals surface area contributed by atoms with Crippen molar-refractivity contribution < 1.29 is 18.7 Å². The van der Waals surface area contributed by atoms with E-state index in [1.807, 2.05) is 6.07 Å². The van der Waals surface area contributed by atoms with Crippen molar-refractivity contribution in [3.05, 3.63) is 35.6 Å². The van der Waals surface area contributed by atoms with Gasteiger partial charge in [0.1, 0.15) is 5.82 Å². The van der Waals surface area contributed by atoms with Crippen LogP contribution in [0.5, 0.6) is 0 Å². The SMILES string of the molecule is COCCNC(=O)N1CCC2(CN(Cc3cccc(F)c3)CCC(=O)N2)C1. The third-order valence-electron chi connectivity index (χ3n) is 5.10. The minimum absolute atomic E-state index is 0.00150. The number of halogens is 1. The number of hydrogen-bond acceptors (Lipinski definition) is 4. The van der Waals surface area contributed by atoms with E-state index in [-0.39, 0.29) is 17.8 Å². The Kier molecular flexibility index (Phi) is 6.28. The highest BCUT2D eigenvalue weighted by Gasteiger charge is 2.43. The normalized spacial score (nSPS) is 23.3. The van der Waals surface area contributed by atoms with Gasteiger partial charge < -0.3 is 20.3 Å². The van der Waals surface area contributed by atoms with Gasteiger partial charge >= 0.3 is 6.03 Å². The maximum Gasteiger partial charge on any atom is 0.317 e. The number of likely N-dealkylation sites (tertiary alicyclic amines) is 1. The Bertz CT molecular complexity index is 687. The molecule has 148 valence electrons. The predicted molar refractivity (Wildman–Crippen MR) is 98.6 cm³/mol. The molecule has 2 saturated heterocycles. The summed E-state index contributed by atoms with van der Waals surface area (Å²) >= 11 is 0. The molecular formula is C19H27FN4O3. The van der Waals surface area contributed by atoms with Gasteiger partial charge in [-0.25, -0.2) is 9.18 Å². The minimum Gasteiger partial charge on any atom is -0.383 e. The van der Waals surface area contributed by atoms with Gasteiger partial charge in [0, 0.05) is 52.8 Å². The number of nitrogens with zero attached hydrogens (tertiary/aromatic N) is 2. The quantitative estimate of drug-likeness (QED) is 0.749. The zero-order chi connectivity index (χ0) is 19.3. The van der Waals surface area contributed by atoms with Gasteiger partial charge in [0.25, 0.3) is 0 Å². The molecule has 2 N–H and O–H groups in total. The number of carbonyl (C=O) groups excluding carboxylic acids is 2. The Labute approximate surface area is 158 Å². The van der Waals surface area contributed by atoms with Crippen molar-refractivity contribution in [1.82, 2.24) is 20.4 Å². The second kappa shape index (κ2) is 8.67. The average molecular weight is 378 g/mol. The van der Waals surface area contributed by atoms with Gasteiger partial charge in [0.15, 0.2) is 0 Å². The number of nitrogens with one attached hydrogen (secondary N) is 2. The maximum absolute atomic E-state index is 13.5. The number of hydrogen-bond donors (Lipinski definition) is 2. The van der Waals surface area contributed by atoms with Gasteiger partial charge in [-0.15, -0.1) is 0 Å². The summed E-state index contributed by atoms with van der Waals surface area (Å²) in [6.07, 6.45) is 1.10. The van der Waals surface area contributed by atoms with E-state index in [2.05, 4.69) is 15.5 Å². The number of carbonyl (C=O) groups is 2. The zero-order valence-electron chi connectivity index (χ0n) is 15.7. The summed E-state index contributed by atoms with van der Waals surface area (Å²) in [5, 5.41) is 5.96. The molecule has 0 aliphatic carbocycles. The van der Waals surface area contributed by atoms with Crippen LogP contribution < -0.4 is 10.6 Å². The Morgan fingerprint density at radius 3 is 3.00 bits per heavy atom. The van der Waals surface area contributed by atoms with Crippen LogP contribution >= 0.6 is 0 Å². The molecule has 0 aromatic heterocycles. The largest absolute Gasteiger partial charge is 0.383 e. The van der Waals surface area contributed by atoms with E-state index in [0.29, 0.717) is 58.7 Å². The second-order valence-corrected chi connectivity index (χ2v) is 7.32. The molecule has 8 heteroatoms. The molecule has 0 saturated carbocycles. The lowest BCUT2D eigenvalue weighted by atomic mass is 9.98. The Morgan fingerprint density at radius 2 is 2.22 bits per heavy atom. The Morgan fingerprint density at radius 1 is 1.37 bits per heavy atom. The molecule has 0 bridgehead atoms. The molecule has 2 heterocycles. The van der Waals surface area contributed by atoms with E-state index >= 15 is 0 Å². The van der Waals surface area contributed by atoms with Crippen LogP contribution in [-0.2, 0) is 16.1 Å². The monoisotopic (exact) mass is 378 g/mol. The summed E-state index contributed by atoms with van der Waals surface area (Å²) in [6.45, 7) is 3.81. The molecule has 3 amide bonds. The number of benzene rings is 1. The average Bonchev–Trinajstić information content (AvgIpc) is 2.96. The lowest BCUT2D eigenvalue weighted by Crippen LogP contribution is -2.55. The van der Waals surface area contributed by atoms with Crippen molar-refractivity contribution in [2.75, 3.05) is 46.4 Å². The first-order chi connectivity index (χ1) is 13.0. The molecule has 27 heavy (non-hydrogen) atoms. The first-order valence-corrected chi connectivity index (χ1v) is 9.29. The number of ether oxygens (including phenoxy) is 1. The van der Waals surface area contributed by atoms with Crippen LogP contribution in [0.15, 0.2) is 24.3 Å². The number of methoxy groups -OCH3 is 1. The third-order valence-corrected chi connectivity index (χ3v) is 5.10. The van der Waals surface area contributed by atoms with Gasteiger partial charge in [0.2, 0.25) is 5.91 Å². The maximum atomic E-state index is 13.5. The fourth-order valence-electron chi connectivity index (χ4n) is 3.84. The lowest BCUT2D eigenvalue weighted by molar-refractivity contribution is -0.122. The Hall–Kier alpha value is -2.19. The molecule has 3 rings (SSSR count). The van der Waals surface area contributed by atoms with Crippen LogP contribution in [0.2, 0.25) is 0 Å². The van der Waals surface area contributed by atoms with Gasteiger partial charge in [-0.3, -0.25) is 9.69 Å². The molecule has 0 radical (unpaired) electrons. The van der Waals surface area contributed by atoms with Gasteiger partial charge in [-0.2, -0.15) is 0 Å². The smallest absolute Gasteiger partial charge is 0.317 e. The standard InChI is InChI=1S/C19H27FN4O3/c1-27-10-7-21-18(26)24-9-6-19(14-24)13-23(8-5-17(25)22-19)12-15-3-2-4-16(20)11-15/h2-4,11H,5-10,12-14H2,1H3,(H,21,26)(H,22,25). The summed E-state index contributed by atoms with van der Waals surface area (Å²) in [4.78, 5) is 28.5. The van der Waals surface area contributed by atoms with E-state index in [1.165, 1.54) is 12.1 Å². The van der Waals surface area contributed by atoms with E-state index in [0.717, 1.165) is 5.56 Å². The van der Waals surface area contributed by atoms with Crippen LogP contribution in [0.1, 0.15) is 18.4 Å². The van der Waals surface area contributed by atoms with Gasteiger partial charge in [0.05, 0.1) is 12.1 Å². The van der Waals surface area contributed by atoms with E-state index in [9.17, 15) is 14.0 Å². The van der Waals surface area contributed by atoms with Crippen LogP contribution in [0, 0.1) is 5.82 Å². The molecular weight excluding hydrogens is 351 g/mol. The van der Waals surface area contributed by atoms with Gasteiger partial charge in [-0.05, 0) is 24.1 Å².